The van der Waals surface area contributed by atoms with E-state index in [1.54, 1.807) is 11.9 Å². The lowest BCUT2D eigenvalue weighted by Gasteiger charge is -2.16. The van der Waals surface area contributed by atoms with Gasteiger partial charge in [0.1, 0.15) is 27.2 Å². The highest BCUT2D eigenvalue weighted by Gasteiger charge is 2.08. The fourth-order valence-corrected chi connectivity index (χ4v) is 1.68. The molecule has 17 heavy (non-hydrogen) atoms. The van der Waals surface area contributed by atoms with E-state index in [-0.39, 0.29) is 11.6 Å². The second-order valence-electron chi connectivity index (χ2n) is 3.72. The van der Waals surface area contributed by atoms with Crippen LogP contribution in [0.5, 0.6) is 0 Å². The highest BCUT2D eigenvalue weighted by atomic mass is 32.2. The Hall–Kier alpha value is -1.70. The van der Waals surface area contributed by atoms with Gasteiger partial charge in [0.15, 0.2) is 0 Å². The molecule has 1 rings (SSSR count). The molecule has 1 aromatic rings. The van der Waals surface area contributed by atoms with E-state index in [1.807, 2.05) is 0 Å². The van der Waals surface area contributed by atoms with Gasteiger partial charge in [-0.15, -0.1) is 0 Å². The first-order valence-electron chi connectivity index (χ1n) is 4.85. The first kappa shape index (κ1) is 13.4. The van der Waals surface area contributed by atoms with Gasteiger partial charge in [-0.3, -0.25) is 5.41 Å². The maximum Gasteiger partial charge on any atom is 0.149 e. The molecule has 0 spiro atoms. The summed E-state index contributed by atoms with van der Waals surface area (Å²) in [5.74, 6) is 0.445. The van der Waals surface area contributed by atoms with E-state index in [2.05, 4.69) is 9.97 Å². The van der Waals surface area contributed by atoms with Gasteiger partial charge in [0.05, 0.1) is 18.1 Å². The van der Waals surface area contributed by atoms with E-state index in [0.717, 1.165) is 0 Å². The summed E-state index contributed by atoms with van der Waals surface area (Å²) in [7, 11) is -1.27. The number of amidine groups is 1. The molecule has 0 radical (unpaired) electrons. The average Bonchev–Trinajstić information content (AvgIpc) is 2.25. The molecule has 0 aliphatic heterocycles. The molecule has 0 fully saturated rings. The largest absolute Gasteiger partial charge is 0.382 e. The van der Waals surface area contributed by atoms with Gasteiger partial charge in [-0.1, -0.05) is 0 Å². The molecule has 0 amide bonds. The summed E-state index contributed by atoms with van der Waals surface area (Å²) in [6, 6.07) is 0. The first-order valence-corrected chi connectivity index (χ1v) is 6.91. The Labute approximate surface area is 100 Å². The fraction of sp³-hybridized carbons (Fsp3) is 0.444. The van der Waals surface area contributed by atoms with Gasteiger partial charge < -0.3 is 10.6 Å². The van der Waals surface area contributed by atoms with Crippen LogP contribution in [0.4, 0.5) is 5.82 Å². The van der Waals surface area contributed by atoms with Crippen LogP contribution in [-0.4, -0.2) is 49.8 Å². The van der Waals surface area contributed by atoms with Crippen LogP contribution in [0.15, 0.2) is 12.4 Å². The molecule has 0 saturated heterocycles. The van der Waals surface area contributed by atoms with Crippen molar-refractivity contribution in [2.24, 2.45) is 5.73 Å². The van der Waals surface area contributed by atoms with Crippen LogP contribution >= 0.6 is 0 Å². The lowest BCUT2D eigenvalue weighted by atomic mass is 10.4. The Morgan fingerprint density at radius 2 is 2.12 bits per heavy atom. The van der Waals surface area contributed by atoms with Crippen LogP contribution < -0.4 is 10.6 Å². The third-order valence-electron chi connectivity index (χ3n) is 2.10. The van der Waals surface area contributed by atoms with E-state index in [9.17, 15) is 8.42 Å². The average molecular weight is 257 g/mol. The SMILES string of the molecule is CN(CCS(C)(=O)=O)c1cnc(C(=N)N)cn1. The molecule has 3 N–H and O–H groups in total. The highest BCUT2D eigenvalue weighted by Crippen LogP contribution is 2.06. The minimum atomic E-state index is -2.99. The zero-order valence-corrected chi connectivity index (χ0v) is 10.5. The Bertz CT molecular complexity index is 497. The van der Waals surface area contributed by atoms with E-state index < -0.39 is 9.84 Å². The van der Waals surface area contributed by atoms with Crippen molar-refractivity contribution in [3.05, 3.63) is 18.1 Å². The first-order chi connectivity index (χ1) is 7.79. The standard InChI is InChI=1S/C9H15N5O2S/c1-14(3-4-17(2,15)16)8-6-12-7(5-13-8)9(10)11/h5-6H,3-4H2,1-2H3,(H3,10,11). The van der Waals surface area contributed by atoms with E-state index >= 15 is 0 Å². The molecule has 1 heterocycles. The summed E-state index contributed by atoms with van der Waals surface area (Å²) >= 11 is 0. The number of nitrogens with two attached hydrogens (primary N) is 1. The van der Waals surface area contributed by atoms with Gasteiger partial charge in [0.2, 0.25) is 0 Å². The number of hydrogen-bond acceptors (Lipinski definition) is 6. The summed E-state index contributed by atoms with van der Waals surface area (Å²) in [5.41, 5.74) is 5.54. The smallest absolute Gasteiger partial charge is 0.149 e. The molecule has 0 bridgehead atoms. The maximum atomic E-state index is 11.0. The molecule has 0 aliphatic rings. The van der Waals surface area contributed by atoms with Crippen molar-refractivity contribution in [3.8, 4) is 0 Å². The lowest BCUT2D eigenvalue weighted by molar-refractivity contribution is 0.601. The number of hydrogen-bond donors (Lipinski definition) is 2. The van der Waals surface area contributed by atoms with Gasteiger partial charge in [-0.2, -0.15) is 0 Å². The van der Waals surface area contributed by atoms with Crippen molar-refractivity contribution in [1.29, 1.82) is 5.41 Å². The Morgan fingerprint density at radius 3 is 2.53 bits per heavy atom. The molecule has 0 atom stereocenters. The van der Waals surface area contributed by atoms with Gasteiger partial charge >= 0.3 is 0 Å². The Kier molecular flexibility index (Phi) is 4.00. The van der Waals surface area contributed by atoms with Crippen LogP contribution in [-0.2, 0) is 9.84 Å². The number of anilines is 1. The Morgan fingerprint density at radius 1 is 1.47 bits per heavy atom. The van der Waals surface area contributed by atoms with Gasteiger partial charge in [0, 0.05) is 19.8 Å². The van der Waals surface area contributed by atoms with Crippen molar-refractivity contribution < 1.29 is 8.42 Å². The molecule has 0 saturated carbocycles. The van der Waals surface area contributed by atoms with Crippen molar-refractivity contribution in [3.63, 3.8) is 0 Å². The second-order valence-corrected chi connectivity index (χ2v) is 5.98. The molecule has 8 heteroatoms. The molecular weight excluding hydrogens is 242 g/mol. The van der Waals surface area contributed by atoms with Gasteiger partial charge in [-0.25, -0.2) is 18.4 Å². The summed E-state index contributed by atoms with van der Waals surface area (Å²) in [4.78, 5) is 9.67. The van der Waals surface area contributed by atoms with E-state index in [0.29, 0.717) is 18.1 Å². The van der Waals surface area contributed by atoms with Crippen molar-refractivity contribution in [1.82, 2.24) is 9.97 Å². The summed E-state index contributed by atoms with van der Waals surface area (Å²) in [5, 5.41) is 7.16. The zero-order valence-electron chi connectivity index (χ0n) is 9.71. The predicted molar refractivity (Wildman–Crippen MR) is 66.0 cm³/mol. The third kappa shape index (κ3) is 4.35. The topological polar surface area (TPSA) is 113 Å². The van der Waals surface area contributed by atoms with Crippen molar-refractivity contribution in [2.45, 2.75) is 0 Å². The van der Waals surface area contributed by atoms with E-state index in [4.69, 9.17) is 11.1 Å². The molecule has 0 aromatic carbocycles. The third-order valence-corrected chi connectivity index (χ3v) is 3.03. The molecular formula is C9H15N5O2S. The second kappa shape index (κ2) is 5.09. The molecule has 7 nitrogen and oxygen atoms in total. The van der Waals surface area contributed by atoms with Gasteiger partial charge in [-0.05, 0) is 0 Å². The number of nitrogens with zero attached hydrogens (tertiary/aromatic N) is 3. The maximum absolute atomic E-state index is 11.0. The monoisotopic (exact) mass is 257 g/mol. The molecule has 0 aliphatic carbocycles. The van der Waals surface area contributed by atoms with Crippen LogP contribution in [0.3, 0.4) is 0 Å². The van der Waals surface area contributed by atoms with Crippen LogP contribution in [0.25, 0.3) is 0 Å². The number of nitrogens with one attached hydrogen (secondary N) is 1. The Balaban J connectivity index is 2.70. The normalized spacial score (nSPS) is 11.2. The lowest BCUT2D eigenvalue weighted by Crippen LogP contribution is -2.26. The van der Waals surface area contributed by atoms with Gasteiger partial charge in [0.25, 0.3) is 0 Å². The minimum Gasteiger partial charge on any atom is -0.382 e. The fourth-order valence-electron chi connectivity index (χ4n) is 1.07. The quantitative estimate of drug-likeness (QED) is 0.529. The zero-order chi connectivity index (χ0) is 13.1. The number of sulfone groups is 1. The molecule has 94 valence electrons. The number of rotatable bonds is 5. The number of nitrogen functional groups attached to an aromatic ring is 1. The van der Waals surface area contributed by atoms with Crippen molar-refractivity contribution in [2.75, 3.05) is 30.5 Å². The van der Waals surface area contributed by atoms with Crippen molar-refractivity contribution >= 4 is 21.5 Å². The molecule has 0 unspecified atom stereocenters. The van der Waals surface area contributed by atoms with Crippen LogP contribution in [0.2, 0.25) is 0 Å². The molecule has 1 aromatic heterocycles. The number of aromatic nitrogens is 2. The highest BCUT2D eigenvalue weighted by molar-refractivity contribution is 7.90. The minimum absolute atomic E-state index is 0.0552. The van der Waals surface area contributed by atoms with Crippen LogP contribution in [0.1, 0.15) is 5.69 Å². The summed E-state index contributed by atoms with van der Waals surface area (Å²) in [6.07, 6.45) is 4.03. The summed E-state index contributed by atoms with van der Waals surface area (Å²) < 4.78 is 22.0. The van der Waals surface area contributed by atoms with Crippen LogP contribution in [0, 0.1) is 5.41 Å². The predicted octanol–water partition coefficient (Wildman–Crippen LogP) is -0.759. The van der Waals surface area contributed by atoms with E-state index in [1.165, 1.54) is 18.6 Å². The summed E-state index contributed by atoms with van der Waals surface area (Å²) in [6.45, 7) is 0.340.